The summed E-state index contributed by atoms with van der Waals surface area (Å²) in [6, 6.07) is 40.8. The van der Waals surface area contributed by atoms with E-state index in [2.05, 4.69) is 115 Å². The Hall–Kier alpha value is -7.22. The van der Waals surface area contributed by atoms with E-state index in [-0.39, 0.29) is 62.4 Å². The van der Waals surface area contributed by atoms with Crippen molar-refractivity contribution in [2.75, 3.05) is 0 Å². The molecular weight excluding hydrogens is 665 g/mol. The smallest absolute Gasteiger partial charge is 0.143 e. The minimum Gasteiger partial charge on any atom is -0.455 e. The fraction of sp³-hybridized carbons (Fsp3) is 0. The Labute approximate surface area is 328 Å². The first kappa shape index (κ1) is 22.1. The maximum absolute atomic E-state index is 9.94. The molecule has 55 heavy (non-hydrogen) atoms. The molecule has 0 aliphatic heterocycles. The maximum atomic E-state index is 9.94. The van der Waals surface area contributed by atoms with Gasteiger partial charge in [-0.1, -0.05) is 158 Å². The molecule has 0 bridgehead atoms. The van der Waals surface area contributed by atoms with Crippen molar-refractivity contribution in [2.24, 2.45) is 0 Å². The highest BCUT2D eigenvalue weighted by molar-refractivity contribution is 6.27. The standard InChI is InChI=1S/C54H30O/c1-2-10-42-31(5-1)15-27-46-48-30-39(21-28-49(48)55-54(42)46)41-23-20-38(40-22-16-36-13-11-32-6-3-8-34-18-25-44(40)52(36)50(32)34)29-47(41)43-24-17-37-14-12-33-7-4-9-35-19-26-45(43)53(37)51(33)35/h1-30H/i1D,2D,5D,10D,15D,21D,27D,28D,30D. The number of benzene rings is 12. The highest BCUT2D eigenvalue weighted by atomic mass is 16.3. The first-order valence-corrected chi connectivity index (χ1v) is 18.3. The monoisotopic (exact) mass is 703 g/mol. The first-order chi connectivity index (χ1) is 31.0. The van der Waals surface area contributed by atoms with Crippen molar-refractivity contribution in [1.29, 1.82) is 0 Å². The third-order valence-corrected chi connectivity index (χ3v) is 11.6. The van der Waals surface area contributed by atoms with Crippen LogP contribution in [0.15, 0.2) is 186 Å². The second-order valence-electron chi connectivity index (χ2n) is 14.5. The summed E-state index contributed by atoms with van der Waals surface area (Å²) in [7, 11) is 0. The van der Waals surface area contributed by atoms with Crippen LogP contribution in [0.1, 0.15) is 12.3 Å². The molecule has 0 saturated carbocycles. The lowest BCUT2D eigenvalue weighted by molar-refractivity contribution is 0.672. The van der Waals surface area contributed by atoms with Crippen molar-refractivity contribution < 1.29 is 16.8 Å². The van der Waals surface area contributed by atoms with Gasteiger partial charge in [0.2, 0.25) is 0 Å². The molecule has 0 fully saturated rings. The van der Waals surface area contributed by atoms with E-state index >= 15 is 0 Å². The summed E-state index contributed by atoms with van der Waals surface area (Å²) in [6.07, 6.45) is 0. The molecule has 0 saturated heterocycles. The summed E-state index contributed by atoms with van der Waals surface area (Å²) in [6.45, 7) is 0. The van der Waals surface area contributed by atoms with Crippen LogP contribution in [0.5, 0.6) is 0 Å². The summed E-state index contributed by atoms with van der Waals surface area (Å²) in [5.41, 5.74) is 3.95. The lowest BCUT2D eigenvalue weighted by Gasteiger charge is -2.19. The fourth-order valence-electron chi connectivity index (χ4n) is 9.16. The minimum absolute atomic E-state index is 0.00757. The second kappa shape index (κ2) is 10.7. The van der Waals surface area contributed by atoms with E-state index in [9.17, 15) is 5.48 Å². The SMILES string of the molecule is [2H]c1c(-c2ccc(-c3ccc4ccc5cccc6ccc3c4c56)cc2-c2ccc3ccc4cccc5ccc2c3c45)c([2H])c2c(oc3c4c([2H])c([2H])c([2H])c([2H])c4c([2H])c([2H])c32)c1[2H]. The van der Waals surface area contributed by atoms with E-state index in [0.29, 0.717) is 5.56 Å². The molecule has 0 aliphatic rings. The quantitative estimate of drug-likeness (QED) is 0.167. The van der Waals surface area contributed by atoms with Crippen LogP contribution < -0.4 is 0 Å². The lowest BCUT2D eigenvalue weighted by Crippen LogP contribution is -1.92. The lowest BCUT2D eigenvalue weighted by atomic mass is 9.84. The molecule has 1 aromatic heterocycles. The third kappa shape index (κ3) is 4.02. The molecule has 0 unspecified atom stereocenters. The minimum atomic E-state index is -0.538. The van der Waals surface area contributed by atoms with Gasteiger partial charge in [0.15, 0.2) is 0 Å². The molecule has 0 aliphatic carbocycles. The number of fused-ring (bicyclic) bond motifs is 5. The molecule has 1 nitrogen and oxygen atoms in total. The van der Waals surface area contributed by atoms with Gasteiger partial charge in [-0.25, -0.2) is 0 Å². The molecule has 0 amide bonds. The van der Waals surface area contributed by atoms with Crippen LogP contribution in [0.25, 0.3) is 131 Å². The molecule has 13 rings (SSSR count). The summed E-state index contributed by atoms with van der Waals surface area (Å²) < 4.78 is 87.5. The van der Waals surface area contributed by atoms with Crippen LogP contribution in [0.4, 0.5) is 0 Å². The summed E-state index contributed by atoms with van der Waals surface area (Å²) in [5.74, 6) is 0. The van der Waals surface area contributed by atoms with Gasteiger partial charge in [-0.3, -0.25) is 0 Å². The maximum Gasteiger partial charge on any atom is 0.143 e. The van der Waals surface area contributed by atoms with Crippen molar-refractivity contribution >= 4 is 97.3 Å². The largest absolute Gasteiger partial charge is 0.455 e. The Bertz CT molecular complexity index is 4210. The van der Waals surface area contributed by atoms with Crippen LogP contribution in [0, 0.1) is 0 Å². The summed E-state index contributed by atoms with van der Waals surface area (Å²) in [4.78, 5) is 0. The van der Waals surface area contributed by atoms with Crippen molar-refractivity contribution in [3.63, 3.8) is 0 Å². The average molecular weight is 704 g/mol. The van der Waals surface area contributed by atoms with Crippen LogP contribution in [-0.4, -0.2) is 0 Å². The molecule has 0 radical (unpaired) electrons. The van der Waals surface area contributed by atoms with Gasteiger partial charge in [-0.05, 0) is 128 Å². The van der Waals surface area contributed by atoms with E-state index < -0.39 is 30.2 Å². The van der Waals surface area contributed by atoms with Crippen molar-refractivity contribution in [3.8, 4) is 33.4 Å². The molecule has 1 heteroatoms. The Balaban J connectivity index is 1.15. The molecule has 1 heterocycles. The number of furan rings is 1. The molecule has 0 spiro atoms. The zero-order valence-corrected chi connectivity index (χ0v) is 29.0. The summed E-state index contributed by atoms with van der Waals surface area (Å²) >= 11 is 0. The molecule has 13 aromatic rings. The molecule has 0 atom stereocenters. The van der Waals surface area contributed by atoms with E-state index in [1.165, 1.54) is 21.5 Å². The van der Waals surface area contributed by atoms with Crippen molar-refractivity contribution in [1.82, 2.24) is 0 Å². The van der Waals surface area contributed by atoms with Crippen molar-refractivity contribution in [2.45, 2.75) is 0 Å². The predicted octanol–water partition coefficient (Wildman–Crippen LogP) is 15.5. The van der Waals surface area contributed by atoms with E-state index in [4.69, 9.17) is 11.3 Å². The van der Waals surface area contributed by atoms with Gasteiger partial charge < -0.3 is 4.42 Å². The van der Waals surface area contributed by atoms with Gasteiger partial charge in [0.25, 0.3) is 0 Å². The highest BCUT2D eigenvalue weighted by Gasteiger charge is 2.19. The molecule has 252 valence electrons. The van der Waals surface area contributed by atoms with Gasteiger partial charge in [0, 0.05) is 16.2 Å². The highest BCUT2D eigenvalue weighted by Crippen LogP contribution is 2.46. The first-order valence-electron chi connectivity index (χ1n) is 22.8. The number of hydrogen-bond acceptors (Lipinski definition) is 1. The molecular formula is C54H30O. The normalized spacial score (nSPS) is 14.7. The Kier molecular flexibility index (Phi) is 4.29. The van der Waals surface area contributed by atoms with Crippen LogP contribution in [-0.2, 0) is 0 Å². The Morgan fingerprint density at radius 2 is 0.927 bits per heavy atom. The van der Waals surface area contributed by atoms with Crippen LogP contribution in [0.3, 0.4) is 0 Å². The van der Waals surface area contributed by atoms with Gasteiger partial charge >= 0.3 is 0 Å². The zero-order valence-electron chi connectivity index (χ0n) is 38.0. The van der Waals surface area contributed by atoms with Crippen LogP contribution >= 0.6 is 0 Å². The zero-order chi connectivity index (χ0) is 43.6. The second-order valence-corrected chi connectivity index (χ2v) is 14.5. The fourth-order valence-corrected chi connectivity index (χ4v) is 9.16. The van der Waals surface area contributed by atoms with E-state index in [1.54, 1.807) is 0 Å². The predicted molar refractivity (Wildman–Crippen MR) is 235 cm³/mol. The van der Waals surface area contributed by atoms with Gasteiger partial charge in [0.1, 0.15) is 11.2 Å². The van der Waals surface area contributed by atoms with Gasteiger partial charge in [-0.15, -0.1) is 0 Å². The van der Waals surface area contributed by atoms with Gasteiger partial charge in [-0.2, -0.15) is 0 Å². The van der Waals surface area contributed by atoms with Crippen LogP contribution in [0.2, 0.25) is 0 Å². The average Bonchev–Trinajstić information content (AvgIpc) is 3.73. The van der Waals surface area contributed by atoms with E-state index in [0.717, 1.165) is 65.3 Å². The van der Waals surface area contributed by atoms with Crippen molar-refractivity contribution in [3.05, 3.63) is 182 Å². The molecule has 0 N–H and O–H groups in total. The topological polar surface area (TPSA) is 13.1 Å². The third-order valence-electron chi connectivity index (χ3n) is 11.6. The molecule has 12 aromatic carbocycles. The Morgan fingerprint density at radius 3 is 1.64 bits per heavy atom. The Morgan fingerprint density at radius 1 is 0.345 bits per heavy atom. The van der Waals surface area contributed by atoms with E-state index in [1.807, 2.05) is 12.1 Å². The number of hydrogen-bond donors (Lipinski definition) is 0. The summed E-state index contributed by atoms with van der Waals surface area (Å²) in [5, 5.41) is 13.2. The van der Waals surface area contributed by atoms with Gasteiger partial charge in [0.05, 0.1) is 12.3 Å². The number of rotatable bonds is 3.